The van der Waals surface area contributed by atoms with Crippen molar-refractivity contribution in [3.63, 3.8) is 0 Å². The van der Waals surface area contributed by atoms with Crippen molar-refractivity contribution in [3.8, 4) is 0 Å². The molecule has 0 atom stereocenters. The Balaban J connectivity index is 2.37. The molecule has 88 valence electrons. The van der Waals surface area contributed by atoms with Crippen molar-refractivity contribution >= 4 is 63.5 Å². The molecule has 1 aliphatic heterocycles. The molecule has 6 heteroatoms. The van der Waals surface area contributed by atoms with Crippen molar-refractivity contribution < 1.29 is 4.79 Å². The molecule has 17 heavy (non-hydrogen) atoms. The third kappa shape index (κ3) is 2.65. The third-order valence-corrected chi connectivity index (χ3v) is 4.28. The minimum atomic E-state index is -0.106. The lowest BCUT2D eigenvalue weighted by atomic mass is 10.2. The van der Waals surface area contributed by atoms with Gasteiger partial charge in [-0.05, 0) is 23.8 Å². The first-order valence-electron chi connectivity index (χ1n) is 4.65. The largest absolute Gasteiger partial charge is 0.296 e. The summed E-state index contributed by atoms with van der Waals surface area (Å²) in [6, 6.07) is 5.14. The van der Waals surface area contributed by atoms with Crippen LogP contribution in [-0.4, -0.2) is 22.2 Å². The highest BCUT2D eigenvalue weighted by Gasteiger charge is 2.28. The summed E-state index contributed by atoms with van der Waals surface area (Å²) in [6.07, 6.45) is 1.72. The summed E-state index contributed by atoms with van der Waals surface area (Å²) < 4.78 is 0.548. The van der Waals surface area contributed by atoms with Gasteiger partial charge in [0, 0.05) is 17.1 Å². The van der Waals surface area contributed by atoms with E-state index in [0.29, 0.717) is 19.3 Å². The van der Waals surface area contributed by atoms with Gasteiger partial charge in [0.15, 0.2) is 0 Å². The van der Waals surface area contributed by atoms with E-state index in [2.05, 4.69) is 0 Å². The summed E-state index contributed by atoms with van der Waals surface area (Å²) in [4.78, 5) is 13.8. The second-order valence-corrected chi connectivity index (χ2v) is 5.93. The summed E-state index contributed by atoms with van der Waals surface area (Å²) in [6.45, 7) is 0. The highest BCUT2D eigenvalue weighted by molar-refractivity contribution is 8.26. The minimum Gasteiger partial charge on any atom is -0.296 e. The first kappa shape index (κ1) is 12.9. The molecule has 0 radical (unpaired) electrons. The van der Waals surface area contributed by atoms with E-state index in [1.165, 1.54) is 16.7 Å². The van der Waals surface area contributed by atoms with Gasteiger partial charge in [-0.1, -0.05) is 53.2 Å². The van der Waals surface area contributed by atoms with Crippen LogP contribution in [0.15, 0.2) is 23.1 Å². The zero-order valence-corrected chi connectivity index (χ0v) is 11.9. The quantitative estimate of drug-likeness (QED) is 0.581. The molecule has 0 aromatic heterocycles. The molecule has 0 unspecified atom stereocenters. The van der Waals surface area contributed by atoms with Gasteiger partial charge in [-0.25, -0.2) is 0 Å². The fraction of sp³-hybridized carbons (Fsp3) is 0.0909. The van der Waals surface area contributed by atoms with Crippen LogP contribution in [0, 0.1) is 0 Å². The van der Waals surface area contributed by atoms with E-state index in [0.717, 1.165) is 5.56 Å². The lowest BCUT2D eigenvalue weighted by Gasteiger charge is -2.03. The Morgan fingerprint density at radius 1 is 1.41 bits per heavy atom. The summed E-state index contributed by atoms with van der Waals surface area (Å²) in [5.41, 5.74) is 0.755. The Morgan fingerprint density at radius 2 is 2.12 bits per heavy atom. The molecule has 0 N–H and O–H groups in total. The highest BCUT2D eigenvalue weighted by atomic mass is 35.5. The number of carbonyl (C=O) groups is 1. The smallest absolute Gasteiger partial charge is 0.265 e. The molecule has 2 rings (SSSR count). The van der Waals surface area contributed by atoms with E-state index in [1.54, 1.807) is 31.3 Å². The van der Waals surface area contributed by atoms with Gasteiger partial charge in [0.25, 0.3) is 5.91 Å². The maximum Gasteiger partial charge on any atom is 0.265 e. The van der Waals surface area contributed by atoms with Crippen LogP contribution in [0.4, 0.5) is 0 Å². The van der Waals surface area contributed by atoms with Gasteiger partial charge in [-0.2, -0.15) is 0 Å². The van der Waals surface area contributed by atoms with E-state index in [9.17, 15) is 4.79 Å². The summed E-state index contributed by atoms with van der Waals surface area (Å²) in [7, 11) is 1.65. The van der Waals surface area contributed by atoms with Crippen molar-refractivity contribution in [1.29, 1.82) is 0 Å². The lowest BCUT2D eigenvalue weighted by molar-refractivity contribution is -0.121. The summed E-state index contributed by atoms with van der Waals surface area (Å²) >= 11 is 18.1. The van der Waals surface area contributed by atoms with E-state index in [4.69, 9.17) is 35.4 Å². The Kier molecular flexibility index (Phi) is 3.78. The molecular formula is C11H7Cl2NOS2. The van der Waals surface area contributed by atoms with E-state index in [-0.39, 0.29) is 5.91 Å². The van der Waals surface area contributed by atoms with Gasteiger partial charge in [-0.3, -0.25) is 9.69 Å². The zero-order chi connectivity index (χ0) is 12.6. The molecule has 1 heterocycles. The van der Waals surface area contributed by atoms with Gasteiger partial charge in [0.2, 0.25) is 0 Å². The number of nitrogens with zero attached hydrogens (tertiary/aromatic N) is 1. The maximum atomic E-state index is 11.8. The Morgan fingerprint density at radius 3 is 2.65 bits per heavy atom. The SMILES string of the molecule is CN1C(=O)/C(=C/c2ccc(Cl)cc2Cl)SC1=S. The number of hydrogen-bond acceptors (Lipinski definition) is 3. The molecule has 0 saturated carbocycles. The van der Waals surface area contributed by atoms with Crippen molar-refractivity contribution in [2.45, 2.75) is 0 Å². The van der Waals surface area contributed by atoms with Crippen LogP contribution in [0.1, 0.15) is 5.56 Å². The van der Waals surface area contributed by atoms with Crippen molar-refractivity contribution in [2.24, 2.45) is 0 Å². The number of rotatable bonds is 1. The van der Waals surface area contributed by atoms with Gasteiger partial charge in [0.1, 0.15) is 4.32 Å². The second kappa shape index (κ2) is 4.98. The normalized spacial score (nSPS) is 18.3. The number of carbonyl (C=O) groups excluding carboxylic acids is 1. The fourth-order valence-electron chi connectivity index (χ4n) is 1.31. The molecular weight excluding hydrogens is 297 g/mol. The molecule has 1 saturated heterocycles. The van der Waals surface area contributed by atoms with Crippen LogP contribution >= 0.6 is 47.2 Å². The monoisotopic (exact) mass is 303 g/mol. The number of hydrogen-bond donors (Lipinski definition) is 0. The number of thioether (sulfide) groups is 1. The summed E-state index contributed by atoms with van der Waals surface area (Å²) in [5, 5.41) is 1.08. The molecule has 1 aromatic rings. The van der Waals surface area contributed by atoms with Crippen LogP contribution in [0.25, 0.3) is 6.08 Å². The molecule has 0 spiro atoms. The van der Waals surface area contributed by atoms with Gasteiger partial charge in [0.05, 0.1) is 4.91 Å². The summed E-state index contributed by atoms with van der Waals surface area (Å²) in [5.74, 6) is -0.106. The molecule has 1 aliphatic rings. The average molecular weight is 304 g/mol. The van der Waals surface area contributed by atoms with E-state index in [1.807, 2.05) is 0 Å². The third-order valence-electron chi connectivity index (χ3n) is 2.24. The minimum absolute atomic E-state index is 0.106. The van der Waals surface area contributed by atoms with Crippen molar-refractivity contribution in [3.05, 3.63) is 38.7 Å². The lowest BCUT2D eigenvalue weighted by Crippen LogP contribution is -2.22. The predicted molar refractivity (Wildman–Crippen MR) is 77.4 cm³/mol. The van der Waals surface area contributed by atoms with Gasteiger partial charge >= 0.3 is 0 Å². The molecule has 0 aliphatic carbocycles. The van der Waals surface area contributed by atoms with Crippen molar-refractivity contribution in [1.82, 2.24) is 4.90 Å². The van der Waals surface area contributed by atoms with Crippen LogP contribution < -0.4 is 0 Å². The van der Waals surface area contributed by atoms with Gasteiger partial charge < -0.3 is 0 Å². The Bertz CT molecular complexity index is 542. The van der Waals surface area contributed by atoms with Crippen LogP contribution in [0.5, 0.6) is 0 Å². The predicted octanol–water partition coefficient (Wildman–Crippen LogP) is 3.82. The zero-order valence-electron chi connectivity index (χ0n) is 8.74. The van der Waals surface area contributed by atoms with Crippen LogP contribution in [0.3, 0.4) is 0 Å². The molecule has 2 nitrogen and oxygen atoms in total. The number of halogens is 2. The first-order valence-corrected chi connectivity index (χ1v) is 6.63. The molecule has 1 aromatic carbocycles. The highest BCUT2D eigenvalue weighted by Crippen LogP contribution is 2.33. The van der Waals surface area contributed by atoms with E-state index < -0.39 is 0 Å². The molecule has 0 bridgehead atoms. The van der Waals surface area contributed by atoms with E-state index >= 15 is 0 Å². The topological polar surface area (TPSA) is 20.3 Å². The van der Waals surface area contributed by atoms with Crippen LogP contribution in [-0.2, 0) is 4.79 Å². The number of benzene rings is 1. The maximum absolute atomic E-state index is 11.8. The standard InChI is InChI=1S/C11H7Cl2NOS2/c1-14-10(15)9(17-11(14)16)4-6-2-3-7(12)5-8(6)13/h2-5H,1H3/b9-4-. The number of likely N-dealkylation sites (N-methyl/N-ethyl adjacent to an activating group) is 1. The number of amides is 1. The fourth-order valence-corrected chi connectivity index (χ4v) is 2.94. The molecule has 1 fully saturated rings. The Hall–Kier alpha value is -0.550. The Labute approximate surface area is 119 Å². The van der Waals surface area contributed by atoms with Crippen LogP contribution in [0.2, 0.25) is 10.0 Å². The number of thiocarbonyl (C=S) groups is 1. The first-order chi connectivity index (χ1) is 7.99. The molecule has 1 amide bonds. The average Bonchev–Trinajstić information content (AvgIpc) is 2.50. The van der Waals surface area contributed by atoms with Gasteiger partial charge in [-0.15, -0.1) is 0 Å². The van der Waals surface area contributed by atoms with Crippen molar-refractivity contribution in [2.75, 3.05) is 7.05 Å². The second-order valence-electron chi connectivity index (χ2n) is 3.41.